The first-order chi connectivity index (χ1) is 13.9. The van der Waals surface area contributed by atoms with Gasteiger partial charge in [-0.2, -0.15) is 4.68 Å². The van der Waals surface area contributed by atoms with Crippen molar-refractivity contribution in [2.24, 2.45) is 11.7 Å². The van der Waals surface area contributed by atoms with E-state index in [1.807, 2.05) is 0 Å². The molecule has 2 N–H and O–H groups in total. The van der Waals surface area contributed by atoms with E-state index in [9.17, 15) is 14.0 Å². The average Bonchev–Trinajstić information content (AvgIpc) is 3.37. The van der Waals surface area contributed by atoms with Gasteiger partial charge in [0, 0.05) is 17.3 Å². The molecule has 1 aliphatic heterocycles. The van der Waals surface area contributed by atoms with Crippen LogP contribution >= 0.6 is 0 Å². The van der Waals surface area contributed by atoms with Crippen LogP contribution in [0, 0.1) is 11.7 Å². The molecule has 1 fully saturated rings. The van der Waals surface area contributed by atoms with Crippen molar-refractivity contribution in [3.8, 4) is 16.9 Å². The fourth-order valence-electron chi connectivity index (χ4n) is 2.99. The molecule has 2 unspecified atom stereocenters. The summed E-state index contributed by atoms with van der Waals surface area (Å²) in [5.41, 5.74) is 6.47. The minimum atomic E-state index is -0.675. The lowest BCUT2D eigenvalue weighted by atomic mass is 10.0. The number of primary amides is 1. The molecule has 10 nitrogen and oxygen atoms in total. The van der Waals surface area contributed by atoms with Crippen molar-refractivity contribution in [1.29, 1.82) is 0 Å². The van der Waals surface area contributed by atoms with Crippen LogP contribution in [0.25, 0.3) is 16.9 Å². The summed E-state index contributed by atoms with van der Waals surface area (Å²) in [6.45, 7) is 1.70. The third kappa shape index (κ3) is 3.49. The Morgan fingerprint density at radius 2 is 2.17 bits per heavy atom. The van der Waals surface area contributed by atoms with Gasteiger partial charge in [0.15, 0.2) is 5.82 Å². The van der Waals surface area contributed by atoms with E-state index in [1.165, 1.54) is 28.2 Å². The summed E-state index contributed by atoms with van der Waals surface area (Å²) in [4.78, 5) is 28.9. The third-order valence-electron chi connectivity index (χ3n) is 4.75. The molecule has 148 valence electrons. The normalized spacial score (nSPS) is 17.2. The average molecular weight is 397 g/mol. The Labute approximate surface area is 164 Å². The van der Waals surface area contributed by atoms with E-state index in [2.05, 4.69) is 20.5 Å². The van der Waals surface area contributed by atoms with Gasteiger partial charge in [-0.15, -0.1) is 5.10 Å². The number of cyclic esters (lactones) is 1. The number of ether oxygens (including phenoxy) is 1. The Balaban J connectivity index is 1.55. The SMILES string of the molecule is CC(C(N)=O)C1CN(c2ccc(-c3ccc(-n4cnnn4)nc3)c(F)c2)C(=O)O1. The van der Waals surface area contributed by atoms with Crippen molar-refractivity contribution in [2.45, 2.75) is 13.0 Å². The van der Waals surface area contributed by atoms with Gasteiger partial charge in [-0.25, -0.2) is 14.2 Å². The minimum absolute atomic E-state index is 0.115. The van der Waals surface area contributed by atoms with Gasteiger partial charge in [-0.1, -0.05) is 0 Å². The molecule has 3 heterocycles. The van der Waals surface area contributed by atoms with Crippen molar-refractivity contribution in [3.63, 3.8) is 0 Å². The van der Waals surface area contributed by atoms with Gasteiger partial charge in [0.05, 0.1) is 18.2 Å². The van der Waals surface area contributed by atoms with Crippen molar-refractivity contribution < 1.29 is 18.7 Å². The zero-order chi connectivity index (χ0) is 20.5. The molecule has 1 saturated heterocycles. The lowest BCUT2D eigenvalue weighted by molar-refractivity contribution is -0.123. The fraction of sp³-hybridized carbons (Fsp3) is 0.222. The van der Waals surface area contributed by atoms with Gasteiger partial charge >= 0.3 is 6.09 Å². The summed E-state index contributed by atoms with van der Waals surface area (Å²) < 4.78 is 21.3. The molecule has 2 amide bonds. The van der Waals surface area contributed by atoms with Crippen LogP contribution in [0.3, 0.4) is 0 Å². The van der Waals surface area contributed by atoms with Crippen molar-refractivity contribution in [2.75, 3.05) is 11.4 Å². The fourth-order valence-corrected chi connectivity index (χ4v) is 2.99. The second kappa shape index (κ2) is 7.26. The Morgan fingerprint density at radius 1 is 1.34 bits per heavy atom. The van der Waals surface area contributed by atoms with Crippen LogP contribution in [-0.2, 0) is 9.53 Å². The standard InChI is InChI=1S/C18H16FN7O3/c1-10(17(20)27)15-8-25(18(28)29-15)12-3-4-13(14(19)6-12)11-2-5-16(21-7-11)26-9-22-23-24-26/h2-7,9-10,15H,8H2,1H3,(H2,20,27). The lowest BCUT2D eigenvalue weighted by Gasteiger charge is -2.15. The Morgan fingerprint density at radius 3 is 2.79 bits per heavy atom. The number of benzene rings is 1. The molecule has 1 aliphatic rings. The maximum absolute atomic E-state index is 14.8. The van der Waals surface area contributed by atoms with E-state index in [0.717, 1.165) is 0 Å². The molecule has 4 rings (SSSR count). The van der Waals surface area contributed by atoms with E-state index < -0.39 is 29.8 Å². The molecule has 0 radical (unpaired) electrons. The summed E-state index contributed by atoms with van der Waals surface area (Å²) in [7, 11) is 0. The highest BCUT2D eigenvalue weighted by Crippen LogP contribution is 2.30. The zero-order valence-electron chi connectivity index (χ0n) is 15.3. The Kier molecular flexibility index (Phi) is 4.63. The van der Waals surface area contributed by atoms with Crippen LogP contribution in [0.2, 0.25) is 0 Å². The van der Waals surface area contributed by atoms with E-state index in [-0.39, 0.29) is 6.54 Å². The van der Waals surface area contributed by atoms with Gasteiger partial charge in [0.2, 0.25) is 5.91 Å². The predicted molar refractivity (Wildman–Crippen MR) is 98.3 cm³/mol. The maximum Gasteiger partial charge on any atom is 0.414 e. The van der Waals surface area contributed by atoms with Crippen LogP contribution in [0.5, 0.6) is 0 Å². The highest BCUT2D eigenvalue weighted by Gasteiger charge is 2.37. The lowest BCUT2D eigenvalue weighted by Crippen LogP contribution is -2.34. The monoisotopic (exact) mass is 397 g/mol. The van der Waals surface area contributed by atoms with E-state index in [0.29, 0.717) is 22.6 Å². The Hall–Kier alpha value is -3.89. The summed E-state index contributed by atoms with van der Waals surface area (Å²) in [5.74, 6) is -1.24. The number of pyridine rings is 1. The topological polar surface area (TPSA) is 129 Å². The summed E-state index contributed by atoms with van der Waals surface area (Å²) in [5, 5.41) is 10.8. The summed E-state index contributed by atoms with van der Waals surface area (Å²) >= 11 is 0. The molecule has 0 aliphatic carbocycles. The number of halogens is 1. The Bertz CT molecular complexity index is 1060. The number of rotatable bonds is 5. The van der Waals surface area contributed by atoms with Crippen LogP contribution in [0.1, 0.15) is 6.92 Å². The number of amides is 2. The molecular weight excluding hydrogens is 381 g/mol. The van der Waals surface area contributed by atoms with Gasteiger partial charge in [-0.05, 0) is 47.7 Å². The van der Waals surface area contributed by atoms with Crippen LogP contribution in [0.4, 0.5) is 14.9 Å². The van der Waals surface area contributed by atoms with Crippen molar-refractivity contribution in [1.82, 2.24) is 25.2 Å². The second-order valence-electron chi connectivity index (χ2n) is 6.55. The second-order valence-corrected chi connectivity index (χ2v) is 6.55. The van der Waals surface area contributed by atoms with Crippen molar-refractivity contribution in [3.05, 3.63) is 48.7 Å². The van der Waals surface area contributed by atoms with Gasteiger partial charge < -0.3 is 10.5 Å². The zero-order valence-corrected chi connectivity index (χ0v) is 15.3. The minimum Gasteiger partial charge on any atom is -0.443 e. The third-order valence-corrected chi connectivity index (χ3v) is 4.75. The molecular formula is C18H16FN7O3. The summed E-state index contributed by atoms with van der Waals surface area (Å²) in [6, 6.07) is 7.75. The number of hydrogen-bond donors (Lipinski definition) is 1. The van der Waals surface area contributed by atoms with E-state index >= 15 is 0 Å². The predicted octanol–water partition coefficient (Wildman–Crippen LogP) is 1.31. The summed E-state index contributed by atoms with van der Waals surface area (Å²) in [6.07, 6.45) is 1.58. The molecule has 2 aromatic heterocycles. The van der Waals surface area contributed by atoms with E-state index in [4.69, 9.17) is 10.5 Å². The van der Waals surface area contributed by atoms with Crippen LogP contribution in [-0.4, -0.2) is 49.8 Å². The molecule has 1 aromatic carbocycles. The molecule has 2 atom stereocenters. The number of tetrazole rings is 1. The van der Waals surface area contributed by atoms with Gasteiger partial charge in [-0.3, -0.25) is 9.69 Å². The quantitative estimate of drug-likeness (QED) is 0.687. The highest BCUT2D eigenvalue weighted by molar-refractivity contribution is 5.91. The first-order valence-corrected chi connectivity index (χ1v) is 8.71. The molecule has 0 saturated carbocycles. The number of anilines is 1. The molecule has 11 heteroatoms. The number of nitrogens with zero attached hydrogens (tertiary/aromatic N) is 6. The number of nitrogens with two attached hydrogens (primary N) is 1. The molecule has 0 bridgehead atoms. The van der Waals surface area contributed by atoms with Crippen LogP contribution in [0.15, 0.2) is 42.9 Å². The largest absolute Gasteiger partial charge is 0.443 e. The van der Waals surface area contributed by atoms with Crippen molar-refractivity contribution >= 4 is 17.7 Å². The number of hydrogen-bond acceptors (Lipinski definition) is 7. The maximum atomic E-state index is 14.8. The number of aromatic nitrogens is 5. The van der Waals surface area contributed by atoms with Crippen LogP contribution < -0.4 is 10.6 Å². The number of carbonyl (C=O) groups is 2. The van der Waals surface area contributed by atoms with Gasteiger partial charge in [0.1, 0.15) is 18.2 Å². The molecule has 29 heavy (non-hydrogen) atoms. The smallest absolute Gasteiger partial charge is 0.414 e. The van der Waals surface area contributed by atoms with Gasteiger partial charge in [0.25, 0.3) is 0 Å². The highest BCUT2D eigenvalue weighted by atomic mass is 19.1. The molecule has 0 spiro atoms. The number of carbonyl (C=O) groups excluding carboxylic acids is 2. The van der Waals surface area contributed by atoms with E-state index in [1.54, 1.807) is 31.2 Å². The molecule has 3 aromatic rings. The first-order valence-electron chi connectivity index (χ1n) is 8.71. The first kappa shape index (κ1) is 18.5.